The molecule has 1 aromatic carbocycles. The summed E-state index contributed by atoms with van der Waals surface area (Å²) in [6.45, 7) is 3.72. The van der Waals surface area contributed by atoms with Crippen LogP contribution in [0.25, 0.3) is 0 Å². The van der Waals surface area contributed by atoms with Gasteiger partial charge in [-0.1, -0.05) is 29.8 Å². The van der Waals surface area contributed by atoms with Crippen molar-refractivity contribution in [3.05, 3.63) is 34.9 Å². The van der Waals surface area contributed by atoms with Gasteiger partial charge < -0.3 is 4.90 Å². The lowest BCUT2D eigenvalue weighted by atomic mass is 10.1. The molecule has 0 saturated carbocycles. The molecule has 0 radical (unpaired) electrons. The fraction of sp³-hybridized carbons (Fsp3) is 0.417. The molecular weight excluding hydrogens is 242 g/mol. The molecule has 0 aliphatic carbocycles. The number of nitrogens with zero attached hydrogens (tertiary/aromatic N) is 1. The maximum atomic E-state index is 11.8. The first kappa shape index (κ1) is 13.4. The number of rotatable bonds is 3. The van der Waals surface area contributed by atoms with Crippen molar-refractivity contribution in [1.29, 1.82) is 0 Å². The normalized spacial score (nSPS) is 14.3. The van der Waals surface area contributed by atoms with E-state index in [-0.39, 0.29) is 17.2 Å². The number of carbonyl (C=O) groups excluding carboxylic acids is 1. The molecule has 4 heteroatoms. The summed E-state index contributed by atoms with van der Waals surface area (Å²) in [5.74, 6) is -0.00393. The van der Waals surface area contributed by atoms with E-state index in [1.54, 1.807) is 18.9 Å². The lowest BCUT2D eigenvalue weighted by Gasteiger charge is -2.27. The van der Waals surface area contributed by atoms with Gasteiger partial charge in [-0.05, 0) is 25.5 Å². The number of carbonyl (C=O) groups is 1. The molecule has 0 aromatic heterocycles. The van der Waals surface area contributed by atoms with Crippen LogP contribution in [0.5, 0.6) is 0 Å². The zero-order valence-electron chi connectivity index (χ0n) is 9.64. The molecule has 2 atom stereocenters. The molecule has 1 amide bonds. The fourth-order valence-corrected chi connectivity index (χ4v) is 1.98. The van der Waals surface area contributed by atoms with Gasteiger partial charge in [0.2, 0.25) is 5.91 Å². The molecule has 88 valence electrons. The third-order valence-corrected chi connectivity index (χ3v) is 3.21. The van der Waals surface area contributed by atoms with Gasteiger partial charge in [-0.2, -0.15) is 12.6 Å². The van der Waals surface area contributed by atoms with Crippen molar-refractivity contribution in [2.45, 2.75) is 25.1 Å². The van der Waals surface area contributed by atoms with Gasteiger partial charge in [0.25, 0.3) is 0 Å². The van der Waals surface area contributed by atoms with E-state index < -0.39 is 0 Å². The van der Waals surface area contributed by atoms with Gasteiger partial charge in [-0.15, -0.1) is 0 Å². The van der Waals surface area contributed by atoms with Crippen LogP contribution in [0.3, 0.4) is 0 Å². The molecule has 0 N–H and O–H groups in total. The van der Waals surface area contributed by atoms with E-state index in [2.05, 4.69) is 12.6 Å². The maximum Gasteiger partial charge on any atom is 0.235 e. The zero-order valence-corrected chi connectivity index (χ0v) is 11.3. The van der Waals surface area contributed by atoms with Crippen LogP contribution >= 0.6 is 24.2 Å². The van der Waals surface area contributed by atoms with Crippen LogP contribution in [0.15, 0.2) is 24.3 Å². The second-order valence-electron chi connectivity index (χ2n) is 3.82. The van der Waals surface area contributed by atoms with Crippen molar-refractivity contribution in [3.63, 3.8) is 0 Å². The van der Waals surface area contributed by atoms with Gasteiger partial charge in [-0.25, -0.2) is 0 Å². The third kappa shape index (κ3) is 2.92. The second kappa shape index (κ2) is 5.60. The number of hydrogen-bond donors (Lipinski definition) is 1. The molecule has 16 heavy (non-hydrogen) atoms. The topological polar surface area (TPSA) is 20.3 Å². The predicted octanol–water partition coefficient (Wildman–Crippen LogP) is 3.18. The van der Waals surface area contributed by atoms with E-state index in [0.717, 1.165) is 5.56 Å². The number of thiol groups is 1. The van der Waals surface area contributed by atoms with Gasteiger partial charge in [0, 0.05) is 12.1 Å². The minimum Gasteiger partial charge on any atom is -0.338 e. The predicted molar refractivity (Wildman–Crippen MR) is 71.1 cm³/mol. The molecule has 1 rings (SSSR count). The Morgan fingerprint density at radius 3 is 2.44 bits per heavy atom. The van der Waals surface area contributed by atoms with Crippen LogP contribution < -0.4 is 0 Å². The van der Waals surface area contributed by atoms with E-state index in [9.17, 15) is 4.79 Å². The molecule has 1 aromatic rings. The van der Waals surface area contributed by atoms with Crippen molar-refractivity contribution in [1.82, 2.24) is 4.90 Å². The quantitative estimate of drug-likeness (QED) is 0.825. The maximum absolute atomic E-state index is 11.8. The SMILES string of the molecule is CC(S)C(=O)N(C)C(C)c1ccccc1Cl. The fourth-order valence-electron chi connectivity index (χ4n) is 1.51. The van der Waals surface area contributed by atoms with Gasteiger partial charge in [0.15, 0.2) is 0 Å². The van der Waals surface area contributed by atoms with E-state index in [1.165, 1.54) is 0 Å². The highest BCUT2D eigenvalue weighted by Gasteiger charge is 2.21. The Kier molecular flexibility index (Phi) is 4.69. The van der Waals surface area contributed by atoms with E-state index in [0.29, 0.717) is 5.02 Å². The summed E-state index contributed by atoms with van der Waals surface area (Å²) in [7, 11) is 1.77. The summed E-state index contributed by atoms with van der Waals surface area (Å²) in [5.41, 5.74) is 0.953. The van der Waals surface area contributed by atoms with Crippen LogP contribution in [0.4, 0.5) is 0 Å². The van der Waals surface area contributed by atoms with Crippen molar-refractivity contribution < 1.29 is 4.79 Å². The van der Waals surface area contributed by atoms with Gasteiger partial charge >= 0.3 is 0 Å². The first-order chi connectivity index (χ1) is 7.45. The first-order valence-electron chi connectivity index (χ1n) is 5.14. The molecule has 0 bridgehead atoms. The van der Waals surface area contributed by atoms with Gasteiger partial charge in [0.05, 0.1) is 11.3 Å². The Balaban J connectivity index is 2.90. The zero-order chi connectivity index (χ0) is 12.3. The van der Waals surface area contributed by atoms with Crippen LogP contribution in [0, 0.1) is 0 Å². The average molecular weight is 258 g/mol. The molecule has 0 fully saturated rings. The van der Waals surface area contributed by atoms with Crippen molar-refractivity contribution in [2.75, 3.05) is 7.05 Å². The van der Waals surface area contributed by atoms with Crippen molar-refractivity contribution >= 4 is 30.1 Å². The molecule has 0 aliphatic heterocycles. The monoisotopic (exact) mass is 257 g/mol. The second-order valence-corrected chi connectivity index (χ2v) is 5.00. The molecule has 0 heterocycles. The highest BCUT2D eigenvalue weighted by atomic mass is 35.5. The molecule has 0 spiro atoms. The molecule has 0 saturated heterocycles. The van der Waals surface area contributed by atoms with E-state index in [4.69, 9.17) is 11.6 Å². The third-order valence-electron chi connectivity index (χ3n) is 2.64. The number of amides is 1. The Hall–Kier alpha value is -0.670. The molecule has 2 unspecified atom stereocenters. The summed E-state index contributed by atoms with van der Waals surface area (Å²) in [6, 6.07) is 7.51. The highest BCUT2D eigenvalue weighted by molar-refractivity contribution is 7.81. The summed E-state index contributed by atoms with van der Waals surface area (Å²) in [5, 5.41) is 0.386. The summed E-state index contributed by atoms with van der Waals surface area (Å²) >= 11 is 10.2. The lowest BCUT2D eigenvalue weighted by Crippen LogP contribution is -2.34. The first-order valence-corrected chi connectivity index (χ1v) is 6.03. The largest absolute Gasteiger partial charge is 0.338 e. The average Bonchev–Trinajstić information content (AvgIpc) is 2.26. The van der Waals surface area contributed by atoms with E-state index >= 15 is 0 Å². The molecular formula is C12H16ClNOS. The van der Waals surface area contributed by atoms with Gasteiger partial charge in [-0.3, -0.25) is 4.79 Å². The number of benzene rings is 1. The van der Waals surface area contributed by atoms with Crippen LogP contribution in [0.2, 0.25) is 5.02 Å². The lowest BCUT2D eigenvalue weighted by molar-refractivity contribution is -0.130. The summed E-state index contributed by atoms with van der Waals surface area (Å²) in [4.78, 5) is 13.4. The standard InChI is InChI=1S/C12H16ClNOS/c1-8(14(3)12(15)9(2)16)10-6-4-5-7-11(10)13/h4-9,16H,1-3H3. The van der Waals surface area contributed by atoms with E-state index in [1.807, 2.05) is 31.2 Å². The Labute approximate surface area is 107 Å². The number of halogens is 1. The highest BCUT2D eigenvalue weighted by Crippen LogP contribution is 2.26. The summed E-state index contributed by atoms with van der Waals surface area (Å²) in [6.07, 6.45) is 0. The Morgan fingerprint density at radius 2 is 1.94 bits per heavy atom. The van der Waals surface area contributed by atoms with Crippen LogP contribution in [-0.2, 0) is 4.79 Å². The number of hydrogen-bond acceptors (Lipinski definition) is 2. The summed E-state index contributed by atoms with van der Waals surface area (Å²) < 4.78 is 0. The Bertz CT molecular complexity index is 381. The molecule has 2 nitrogen and oxygen atoms in total. The smallest absolute Gasteiger partial charge is 0.235 e. The minimum atomic E-state index is -0.296. The van der Waals surface area contributed by atoms with Crippen LogP contribution in [-0.4, -0.2) is 23.1 Å². The van der Waals surface area contributed by atoms with Crippen molar-refractivity contribution in [3.8, 4) is 0 Å². The Morgan fingerprint density at radius 1 is 1.38 bits per heavy atom. The van der Waals surface area contributed by atoms with Crippen LogP contribution in [0.1, 0.15) is 25.5 Å². The molecule has 0 aliphatic rings. The van der Waals surface area contributed by atoms with Gasteiger partial charge in [0.1, 0.15) is 0 Å². The minimum absolute atomic E-state index is 0.00393. The van der Waals surface area contributed by atoms with Crippen molar-refractivity contribution in [2.24, 2.45) is 0 Å².